The van der Waals surface area contributed by atoms with E-state index in [1.54, 1.807) is 0 Å². The number of hydrogen-bond acceptors (Lipinski definition) is 2. The third-order valence-corrected chi connectivity index (χ3v) is 4.73. The van der Waals surface area contributed by atoms with Crippen LogP contribution in [-0.4, -0.2) is 49.1 Å². The molecule has 2 N–H and O–H groups in total. The minimum atomic E-state index is 0. The van der Waals surface area contributed by atoms with Crippen LogP contribution in [0, 0.1) is 11.8 Å². The molecule has 1 saturated carbocycles. The van der Waals surface area contributed by atoms with E-state index in [1.165, 1.54) is 32.4 Å². The van der Waals surface area contributed by atoms with Crippen LogP contribution in [0.15, 0.2) is 4.99 Å². The van der Waals surface area contributed by atoms with Gasteiger partial charge in [0.05, 0.1) is 6.54 Å². The summed E-state index contributed by atoms with van der Waals surface area (Å²) < 4.78 is 0. The second-order valence-corrected chi connectivity index (χ2v) is 6.75. The number of aliphatic imine (C=N–C) groups is 1. The fourth-order valence-corrected chi connectivity index (χ4v) is 2.83. The SMILES string of the molecule is CCNC(=NCC(C)N1CCC(C)CC1)NC1CC1C.I. The van der Waals surface area contributed by atoms with E-state index in [1.807, 2.05) is 0 Å². The molecule has 0 aromatic heterocycles. The van der Waals surface area contributed by atoms with Crippen molar-refractivity contribution in [3.05, 3.63) is 0 Å². The minimum absolute atomic E-state index is 0. The Bertz CT molecular complexity index is 326. The predicted octanol–water partition coefficient (Wildman–Crippen LogP) is 2.69. The largest absolute Gasteiger partial charge is 0.357 e. The normalized spacial score (nSPS) is 28.7. The maximum Gasteiger partial charge on any atom is 0.191 e. The summed E-state index contributed by atoms with van der Waals surface area (Å²) >= 11 is 0. The van der Waals surface area contributed by atoms with Gasteiger partial charge in [-0.05, 0) is 58.0 Å². The van der Waals surface area contributed by atoms with Gasteiger partial charge in [0.15, 0.2) is 5.96 Å². The van der Waals surface area contributed by atoms with Crippen LogP contribution in [0.1, 0.15) is 47.0 Å². The summed E-state index contributed by atoms with van der Waals surface area (Å²) in [6, 6.07) is 1.19. The first-order chi connectivity index (χ1) is 9.60. The molecule has 1 aliphatic carbocycles. The number of likely N-dealkylation sites (tertiary alicyclic amines) is 1. The Kier molecular flexibility index (Phi) is 8.31. The van der Waals surface area contributed by atoms with Crippen molar-refractivity contribution in [3.8, 4) is 0 Å². The van der Waals surface area contributed by atoms with E-state index in [-0.39, 0.29) is 24.0 Å². The molecule has 5 heteroatoms. The summed E-state index contributed by atoms with van der Waals surface area (Å²) in [6.45, 7) is 13.4. The van der Waals surface area contributed by atoms with Crippen molar-refractivity contribution in [3.63, 3.8) is 0 Å². The molecule has 2 aliphatic rings. The van der Waals surface area contributed by atoms with Crippen molar-refractivity contribution in [1.82, 2.24) is 15.5 Å². The molecule has 1 heterocycles. The molecule has 21 heavy (non-hydrogen) atoms. The Balaban J connectivity index is 0.00000220. The Morgan fingerprint density at radius 2 is 1.90 bits per heavy atom. The van der Waals surface area contributed by atoms with Gasteiger partial charge in [-0.15, -0.1) is 24.0 Å². The highest BCUT2D eigenvalue weighted by Gasteiger charge is 2.33. The van der Waals surface area contributed by atoms with Crippen LogP contribution in [0.25, 0.3) is 0 Å². The topological polar surface area (TPSA) is 39.7 Å². The second kappa shape index (κ2) is 9.18. The maximum atomic E-state index is 4.77. The second-order valence-electron chi connectivity index (χ2n) is 6.75. The van der Waals surface area contributed by atoms with Gasteiger partial charge in [-0.2, -0.15) is 0 Å². The van der Waals surface area contributed by atoms with Gasteiger partial charge < -0.3 is 10.6 Å². The standard InChI is InChI=1S/C16H32N4.HI/c1-5-17-16(19-15-10-13(15)3)18-11-14(4)20-8-6-12(2)7-9-20;/h12-15H,5-11H2,1-4H3,(H2,17,18,19);1H. The van der Waals surface area contributed by atoms with Crippen molar-refractivity contribution >= 4 is 29.9 Å². The molecule has 0 radical (unpaired) electrons. The molecule has 2 fully saturated rings. The molecule has 1 aliphatic heterocycles. The highest BCUT2D eigenvalue weighted by atomic mass is 127. The summed E-state index contributed by atoms with van der Waals surface area (Å²) in [7, 11) is 0. The van der Waals surface area contributed by atoms with Crippen LogP contribution in [0.5, 0.6) is 0 Å². The van der Waals surface area contributed by atoms with Crippen molar-refractivity contribution in [2.45, 2.75) is 59.0 Å². The Morgan fingerprint density at radius 1 is 1.29 bits per heavy atom. The Hall–Kier alpha value is -0.0400. The number of hydrogen-bond donors (Lipinski definition) is 2. The van der Waals surface area contributed by atoms with E-state index < -0.39 is 0 Å². The van der Waals surface area contributed by atoms with E-state index in [9.17, 15) is 0 Å². The summed E-state index contributed by atoms with van der Waals surface area (Å²) in [5.74, 6) is 2.70. The van der Waals surface area contributed by atoms with Crippen molar-refractivity contribution in [1.29, 1.82) is 0 Å². The van der Waals surface area contributed by atoms with Gasteiger partial charge in [0.2, 0.25) is 0 Å². The zero-order chi connectivity index (χ0) is 14.5. The molecule has 0 spiro atoms. The van der Waals surface area contributed by atoms with Crippen molar-refractivity contribution in [2.75, 3.05) is 26.2 Å². The number of guanidine groups is 1. The molecule has 2 rings (SSSR count). The van der Waals surface area contributed by atoms with Gasteiger partial charge in [-0.1, -0.05) is 13.8 Å². The Morgan fingerprint density at radius 3 is 2.43 bits per heavy atom. The lowest BCUT2D eigenvalue weighted by atomic mass is 9.98. The van der Waals surface area contributed by atoms with E-state index in [0.29, 0.717) is 12.1 Å². The van der Waals surface area contributed by atoms with Crippen molar-refractivity contribution < 1.29 is 0 Å². The lowest BCUT2D eigenvalue weighted by molar-refractivity contribution is 0.150. The first-order valence-corrected chi connectivity index (χ1v) is 8.39. The number of nitrogens with zero attached hydrogens (tertiary/aromatic N) is 2. The molecule has 4 nitrogen and oxygen atoms in total. The highest BCUT2D eigenvalue weighted by molar-refractivity contribution is 14.0. The average molecular weight is 408 g/mol. The van der Waals surface area contributed by atoms with Crippen LogP contribution in [0.2, 0.25) is 0 Å². The number of rotatable bonds is 5. The Labute approximate surface area is 147 Å². The smallest absolute Gasteiger partial charge is 0.191 e. The van der Waals surface area contributed by atoms with Gasteiger partial charge in [-0.25, -0.2) is 0 Å². The maximum absolute atomic E-state index is 4.77. The molecular weight excluding hydrogens is 375 g/mol. The first kappa shape index (κ1) is 19.0. The van der Waals surface area contributed by atoms with Gasteiger partial charge in [-0.3, -0.25) is 9.89 Å². The summed E-state index contributed by atoms with van der Waals surface area (Å²) in [5, 5.41) is 6.89. The number of piperidine rings is 1. The van der Waals surface area contributed by atoms with Crippen LogP contribution in [0.4, 0.5) is 0 Å². The van der Waals surface area contributed by atoms with E-state index in [0.717, 1.165) is 30.9 Å². The molecule has 3 atom stereocenters. The summed E-state index contributed by atoms with van der Waals surface area (Å²) in [6.07, 6.45) is 3.96. The zero-order valence-corrected chi connectivity index (χ0v) is 16.4. The summed E-state index contributed by atoms with van der Waals surface area (Å²) in [5.41, 5.74) is 0. The minimum Gasteiger partial charge on any atom is -0.357 e. The fraction of sp³-hybridized carbons (Fsp3) is 0.938. The molecule has 0 aromatic rings. The monoisotopic (exact) mass is 408 g/mol. The zero-order valence-electron chi connectivity index (χ0n) is 14.1. The quantitative estimate of drug-likeness (QED) is 0.418. The third-order valence-electron chi connectivity index (χ3n) is 4.73. The first-order valence-electron chi connectivity index (χ1n) is 8.39. The fourth-order valence-electron chi connectivity index (χ4n) is 2.83. The lowest BCUT2D eigenvalue weighted by Gasteiger charge is -2.34. The van der Waals surface area contributed by atoms with E-state index >= 15 is 0 Å². The van der Waals surface area contributed by atoms with Crippen molar-refractivity contribution in [2.24, 2.45) is 16.8 Å². The van der Waals surface area contributed by atoms with Gasteiger partial charge in [0.25, 0.3) is 0 Å². The van der Waals surface area contributed by atoms with Crippen LogP contribution in [0.3, 0.4) is 0 Å². The van der Waals surface area contributed by atoms with Crippen LogP contribution in [-0.2, 0) is 0 Å². The van der Waals surface area contributed by atoms with E-state index in [2.05, 4.69) is 43.2 Å². The molecule has 1 saturated heterocycles. The van der Waals surface area contributed by atoms with Gasteiger partial charge >= 0.3 is 0 Å². The molecule has 0 bridgehead atoms. The van der Waals surface area contributed by atoms with Crippen LogP contribution < -0.4 is 10.6 Å². The van der Waals surface area contributed by atoms with Crippen LogP contribution >= 0.6 is 24.0 Å². The van der Waals surface area contributed by atoms with Gasteiger partial charge in [0, 0.05) is 18.6 Å². The molecule has 3 unspecified atom stereocenters. The molecule has 124 valence electrons. The molecule has 0 aromatic carbocycles. The van der Waals surface area contributed by atoms with Gasteiger partial charge in [0.1, 0.15) is 0 Å². The lowest BCUT2D eigenvalue weighted by Crippen LogP contribution is -2.43. The average Bonchev–Trinajstić information content (AvgIpc) is 3.12. The number of nitrogens with one attached hydrogen (secondary N) is 2. The summed E-state index contributed by atoms with van der Waals surface area (Å²) in [4.78, 5) is 7.37. The highest BCUT2D eigenvalue weighted by Crippen LogP contribution is 2.28. The van der Waals surface area contributed by atoms with E-state index in [4.69, 9.17) is 4.99 Å². The number of halogens is 1. The molecular formula is C16H33IN4. The molecule has 0 amide bonds. The third kappa shape index (κ3) is 6.30. The predicted molar refractivity (Wildman–Crippen MR) is 102 cm³/mol.